The third-order valence-corrected chi connectivity index (χ3v) is 2.90. The summed E-state index contributed by atoms with van der Waals surface area (Å²) in [6, 6.07) is 0.688. The van der Waals surface area contributed by atoms with Gasteiger partial charge < -0.3 is 15.2 Å². The molecule has 3 heteroatoms. The van der Waals surface area contributed by atoms with Crippen LogP contribution < -0.4 is 5.32 Å². The minimum atomic E-state index is -0.314. The smallest absolute Gasteiger partial charge is 0.0948 e. The van der Waals surface area contributed by atoms with E-state index in [4.69, 9.17) is 4.74 Å². The minimum absolute atomic E-state index is 0.150. The summed E-state index contributed by atoms with van der Waals surface area (Å²) in [6.07, 6.45) is 4.52. The molecular formula is C11H23NO2. The van der Waals surface area contributed by atoms with Gasteiger partial charge >= 0.3 is 0 Å². The molecule has 0 aromatic carbocycles. The predicted octanol–water partition coefficient (Wildman–Crippen LogP) is 1.30. The van der Waals surface area contributed by atoms with Crippen molar-refractivity contribution in [2.45, 2.75) is 57.7 Å². The Morgan fingerprint density at radius 1 is 1.43 bits per heavy atom. The van der Waals surface area contributed by atoms with Gasteiger partial charge in [-0.2, -0.15) is 0 Å². The summed E-state index contributed by atoms with van der Waals surface area (Å²) in [6.45, 7) is 5.54. The molecule has 3 unspecified atom stereocenters. The van der Waals surface area contributed by atoms with Gasteiger partial charge in [0.2, 0.25) is 0 Å². The average Bonchev–Trinajstić information content (AvgIpc) is 2.59. The number of ether oxygens (including phenoxy) is 1. The summed E-state index contributed by atoms with van der Waals surface area (Å²) in [5, 5.41) is 13.0. The molecule has 0 aromatic heterocycles. The lowest BCUT2D eigenvalue weighted by molar-refractivity contribution is 0.121. The zero-order valence-electron chi connectivity index (χ0n) is 9.33. The maximum absolute atomic E-state index is 9.57. The second-order valence-corrected chi connectivity index (χ2v) is 4.13. The SMILES string of the molecule is CCCCC(CC)NC1COCC1O. The molecule has 14 heavy (non-hydrogen) atoms. The van der Waals surface area contributed by atoms with Crippen LogP contribution in [0.4, 0.5) is 0 Å². The van der Waals surface area contributed by atoms with Crippen LogP contribution in [0.5, 0.6) is 0 Å². The molecule has 0 aromatic rings. The third kappa shape index (κ3) is 3.56. The van der Waals surface area contributed by atoms with Crippen molar-refractivity contribution in [3.63, 3.8) is 0 Å². The molecule has 0 amide bonds. The highest BCUT2D eigenvalue weighted by Crippen LogP contribution is 2.10. The highest BCUT2D eigenvalue weighted by Gasteiger charge is 2.27. The van der Waals surface area contributed by atoms with Crippen molar-refractivity contribution < 1.29 is 9.84 Å². The molecular weight excluding hydrogens is 178 g/mol. The molecule has 0 bridgehead atoms. The van der Waals surface area contributed by atoms with Crippen molar-refractivity contribution >= 4 is 0 Å². The largest absolute Gasteiger partial charge is 0.389 e. The van der Waals surface area contributed by atoms with Gasteiger partial charge in [-0.25, -0.2) is 0 Å². The van der Waals surface area contributed by atoms with Crippen molar-refractivity contribution in [1.29, 1.82) is 0 Å². The number of nitrogens with one attached hydrogen (secondary N) is 1. The Hall–Kier alpha value is -0.120. The van der Waals surface area contributed by atoms with Crippen LogP contribution in [0.25, 0.3) is 0 Å². The van der Waals surface area contributed by atoms with E-state index in [-0.39, 0.29) is 12.1 Å². The van der Waals surface area contributed by atoms with Crippen LogP contribution in [0.1, 0.15) is 39.5 Å². The van der Waals surface area contributed by atoms with Crippen molar-refractivity contribution in [3.8, 4) is 0 Å². The Labute approximate surface area is 86.8 Å². The molecule has 1 aliphatic rings. The zero-order chi connectivity index (χ0) is 10.4. The van der Waals surface area contributed by atoms with Crippen molar-refractivity contribution in [3.05, 3.63) is 0 Å². The van der Waals surface area contributed by atoms with Gasteiger partial charge in [-0.3, -0.25) is 0 Å². The first-order valence-electron chi connectivity index (χ1n) is 5.79. The van der Waals surface area contributed by atoms with Gasteiger partial charge in [-0.1, -0.05) is 26.7 Å². The van der Waals surface area contributed by atoms with Gasteiger partial charge in [-0.15, -0.1) is 0 Å². The van der Waals surface area contributed by atoms with Gasteiger partial charge in [0.05, 0.1) is 25.4 Å². The van der Waals surface area contributed by atoms with E-state index < -0.39 is 0 Å². The lowest BCUT2D eigenvalue weighted by Gasteiger charge is -2.22. The molecule has 84 valence electrons. The van der Waals surface area contributed by atoms with Gasteiger partial charge in [-0.05, 0) is 12.8 Å². The minimum Gasteiger partial charge on any atom is -0.389 e. The number of unbranched alkanes of at least 4 members (excludes halogenated alkanes) is 1. The molecule has 1 rings (SSSR count). The van der Waals surface area contributed by atoms with Crippen LogP contribution in [0, 0.1) is 0 Å². The highest BCUT2D eigenvalue weighted by atomic mass is 16.5. The Kier molecular flexibility index (Phi) is 5.45. The van der Waals surface area contributed by atoms with Crippen molar-refractivity contribution in [2.75, 3.05) is 13.2 Å². The molecule has 1 saturated heterocycles. The molecule has 1 heterocycles. The maximum atomic E-state index is 9.57. The molecule has 1 fully saturated rings. The maximum Gasteiger partial charge on any atom is 0.0948 e. The van der Waals surface area contributed by atoms with E-state index in [1.165, 1.54) is 19.3 Å². The Morgan fingerprint density at radius 2 is 2.21 bits per heavy atom. The quantitative estimate of drug-likeness (QED) is 0.680. The summed E-state index contributed by atoms with van der Waals surface area (Å²) in [5.74, 6) is 0. The van der Waals surface area contributed by atoms with E-state index in [1.54, 1.807) is 0 Å². The molecule has 1 aliphatic heterocycles. The second-order valence-electron chi connectivity index (χ2n) is 4.13. The summed E-state index contributed by atoms with van der Waals surface area (Å²) >= 11 is 0. The number of hydrogen-bond donors (Lipinski definition) is 2. The third-order valence-electron chi connectivity index (χ3n) is 2.90. The number of aliphatic hydroxyl groups excluding tert-OH is 1. The summed E-state index contributed by atoms with van der Waals surface area (Å²) in [4.78, 5) is 0. The Bertz CT molecular complexity index is 152. The fraction of sp³-hybridized carbons (Fsp3) is 1.00. The topological polar surface area (TPSA) is 41.5 Å². The first-order valence-corrected chi connectivity index (χ1v) is 5.79. The van der Waals surface area contributed by atoms with E-state index in [0.29, 0.717) is 19.3 Å². The van der Waals surface area contributed by atoms with E-state index in [0.717, 1.165) is 6.42 Å². The van der Waals surface area contributed by atoms with Gasteiger partial charge in [0.1, 0.15) is 0 Å². The van der Waals surface area contributed by atoms with Crippen LogP contribution in [0.2, 0.25) is 0 Å². The van der Waals surface area contributed by atoms with E-state index in [1.807, 2.05) is 0 Å². The fourth-order valence-electron chi connectivity index (χ4n) is 1.86. The van der Waals surface area contributed by atoms with Crippen LogP contribution in [-0.2, 0) is 4.74 Å². The first-order chi connectivity index (χ1) is 6.77. The molecule has 2 N–H and O–H groups in total. The molecule has 0 saturated carbocycles. The van der Waals surface area contributed by atoms with E-state index in [9.17, 15) is 5.11 Å². The predicted molar refractivity (Wildman–Crippen MR) is 57.4 cm³/mol. The van der Waals surface area contributed by atoms with Gasteiger partial charge in [0, 0.05) is 6.04 Å². The van der Waals surface area contributed by atoms with E-state index in [2.05, 4.69) is 19.2 Å². The lowest BCUT2D eigenvalue weighted by Crippen LogP contribution is -2.44. The average molecular weight is 201 g/mol. The van der Waals surface area contributed by atoms with Crippen LogP contribution in [-0.4, -0.2) is 36.5 Å². The highest BCUT2D eigenvalue weighted by molar-refractivity contribution is 4.83. The zero-order valence-corrected chi connectivity index (χ0v) is 9.33. The summed E-state index contributed by atoms with van der Waals surface area (Å²) < 4.78 is 5.21. The molecule has 0 spiro atoms. The fourth-order valence-corrected chi connectivity index (χ4v) is 1.86. The summed E-state index contributed by atoms with van der Waals surface area (Å²) in [5.41, 5.74) is 0. The second kappa shape index (κ2) is 6.38. The lowest BCUT2D eigenvalue weighted by atomic mass is 10.1. The number of hydrogen-bond acceptors (Lipinski definition) is 3. The molecule has 0 radical (unpaired) electrons. The van der Waals surface area contributed by atoms with Gasteiger partial charge in [0.25, 0.3) is 0 Å². The molecule has 3 atom stereocenters. The van der Waals surface area contributed by atoms with Gasteiger partial charge in [0.15, 0.2) is 0 Å². The Morgan fingerprint density at radius 3 is 2.71 bits per heavy atom. The summed E-state index contributed by atoms with van der Waals surface area (Å²) in [7, 11) is 0. The standard InChI is InChI=1S/C11H23NO2/c1-3-5-6-9(4-2)12-10-7-14-8-11(10)13/h9-13H,3-8H2,1-2H3. The first kappa shape index (κ1) is 12.0. The normalized spacial score (nSPS) is 29.4. The van der Waals surface area contributed by atoms with Crippen LogP contribution in [0.3, 0.4) is 0 Å². The van der Waals surface area contributed by atoms with Crippen LogP contribution in [0.15, 0.2) is 0 Å². The van der Waals surface area contributed by atoms with Crippen LogP contribution >= 0.6 is 0 Å². The Balaban J connectivity index is 2.24. The molecule has 3 nitrogen and oxygen atoms in total. The van der Waals surface area contributed by atoms with E-state index >= 15 is 0 Å². The molecule has 0 aliphatic carbocycles. The number of rotatable bonds is 6. The monoisotopic (exact) mass is 201 g/mol. The number of aliphatic hydroxyl groups is 1. The van der Waals surface area contributed by atoms with Crippen molar-refractivity contribution in [2.24, 2.45) is 0 Å². The van der Waals surface area contributed by atoms with Crippen molar-refractivity contribution in [1.82, 2.24) is 5.32 Å².